The number of anilines is 1. The zero-order valence-corrected chi connectivity index (χ0v) is 18.9. The molecule has 2 fully saturated rings. The molecule has 0 radical (unpaired) electrons. The molecule has 0 aromatic heterocycles. The molecular weight excluding hydrogens is 368 g/mol. The summed E-state index contributed by atoms with van der Waals surface area (Å²) in [7, 11) is 3.29. The molecule has 1 atom stereocenters. The van der Waals surface area contributed by atoms with Gasteiger partial charge in [-0.1, -0.05) is 13.8 Å². The summed E-state index contributed by atoms with van der Waals surface area (Å²) >= 11 is 0. The van der Waals surface area contributed by atoms with Crippen LogP contribution in [0.5, 0.6) is 11.5 Å². The van der Waals surface area contributed by atoms with Crippen LogP contribution in [-0.4, -0.2) is 87.8 Å². The monoisotopic (exact) mass is 406 g/mol. The Morgan fingerprint density at radius 1 is 1.03 bits per heavy atom. The maximum Gasteiger partial charge on any atom is 0.241 e. The molecule has 2 aliphatic heterocycles. The van der Waals surface area contributed by atoms with Crippen LogP contribution in [0.1, 0.15) is 27.7 Å². The van der Waals surface area contributed by atoms with Crippen molar-refractivity contribution in [2.45, 2.75) is 39.8 Å². The van der Waals surface area contributed by atoms with E-state index >= 15 is 0 Å². The minimum absolute atomic E-state index is 0.0891. The summed E-state index contributed by atoms with van der Waals surface area (Å²) in [5.74, 6) is 1.69. The number of ether oxygens (including phenoxy) is 2. The summed E-state index contributed by atoms with van der Waals surface area (Å²) < 4.78 is 10.7. The van der Waals surface area contributed by atoms with Crippen LogP contribution >= 0.6 is 0 Å². The fourth-order valence-electron chi connectivity index (χ4n) is 3.83. The van der Waals surface area contributed by atoms with E-state index in [4.69, 9.17) is 9.47 Å². The number of carbonyl (C=O) groups is 1. The molecule has 164 valence electrons. The zero-order chi connectivity index (χ0) is 21.4. The lowest BCUT2D eigenvalue weighted by Crippen LogP contribution is -2.61. The normalized spacial score (nSPS) is 20.2. The molecule has 3 rings (SSSR count). The molecule has 7 heteroatoms. The average Bonchev–Trinajstić information content (AvgIpc) is 2.79. The number of carbonyl (C=O) groups excluding carboxylic acids is 1. The lowest BCUT2D eigenvalue weighted by atomic mass is 10.1. The molecule has 0 saturated carbocycles. The molecule has 0 spiro atoms. The smallest absolute Gasteiger partial charge is 0.241 e. The van der Waals surface area contributed by atoms with E-state index in [1.807, 2.05) is 36.9 Å². The number of benzene rings is 1. The van der Waals surface area contributed by atoms with Gasteiger partial charge in [0.2, 0.25) is 5.91 Å². The first-order valence-corrected chi connectivity index (χ1v) is 10.8. The maximum absolute atomic E-state index is 12.9. The molecule has 1 N–H and O–H groups in total. The minimum atomic E-state index is -0.0891. The van der Waals surface area contributed by atoms with Crippen LogP contribution in [0.3, 0.4) is 0 Å². The topological polar surface area (TPSA) is 57.3 Å². The lowest BCUT2D eigenvalue weighted by Gasteiger charge is -2.41. The Hall–Kier alpha value is -1.99. The van der Waals surface area contributed by atoms with Gasteiger partial charge in [-0.05, 0) is 26.0 Å². The third-order valence-electron chi connectivity index (χ3n) is 5.56. The van der Waals surface area contributed by atoms with Gasteiger partial charge in [0.05, 0.1) is 20.3 Å². The molecule has 1 amide bonds. The van der Waals surface area contributed by atoms with Crippen molar-refractivity contribution in [3.63, 3.8) is 0 Å². The first-order valence-electron chi connectivity index (χ1n) is 10.8. The summed E-state index contributed by atoms with van der Waals surface area (Å²) in [6.07, 6.45) is 0. The highest BCUT2D eigenvalue weighted by Crippen LogP contribution is 2.31. The Morgan fingerprint density at radius 3 is 2.28 bits per heavy atom. The van der Waals surface area contributed by atoms with Crippen LogP contribution in [0.2, 0.25) is 0 Å². The number of nitrogens with one attached hydrogen (secondary N) is 1. The Balaban J connectivity index is 0.00000145. The predicted molar refractivity (Wildman–Crippen MR) is 118 cm³/mol. The van der Waals surface area contributed by atoms with Gasteiger partial charge in [-0.25, -0.2) is 0 Å². The van der Waals surface area contributed by atoms with Crippen molar-refractivity contribution in [2.24, 2.45) is 0 Å². The van der Waals surface area contributed by atoms with Gasteiger partial charge >= 0.3 is 0 Å². The van der Waals surface area contributed by atoms with Gasteiger partial charge in [-0.15, -0.1) is 0 Å². The van der Waals surface area contributed by atoms with Crippen molar-refractivity contribution in [3.8, 4) is 11.5 Å². The molecule has 0 aliphatic carbocycles. The van der Waals surface area contributed by atoms with E-state index in [1.165, 1.54) is 0 Å². The van der Waals surface area contributed by atoms with Crippen LogP contribution in [-0.2, 0) is 4.79 Å². The SMILES string of the molecule is CC.COc1ccc(N2CCN(C(=O)[C@H]3CN(C(C)C)CCN3)CC2)cc1OC. The van der Waals surface area contributed by atoms with Gasteiger partial charge in [0.15, 0.2) is 11.5 Å². The van der Waals surface area contributed by atoms with E-state index < -0.39 is 0 Å². The molecule has 1 aromatic rings. The number of methoxy groups -OCH3 is 2. The third kappa shape index (κ3) is 5.76. The number of nitrogens with zero attached hydrogens (tertiary/aromatic N) is 3. The van der Waals surface area contributed by atoms with E-state index in [0.717, 1.165) is 63.0 Å². The fraction of sp³-hybridized carbons (Fsp3) is 0.682. The summed E-state index contributed by atoms with van der Waals surface area (Å²) in [4.78, 5) is 19.6. The van der Waals surface area contributed by atoms with Gasteiger partial charge in [-0.2, -0.15) is 0 Å². The zero-order valence-electron chi connectivity index (χ0n) is 18.9. The van der Waals surface area contributed by atoms with E-state index in [2.05, 4.69) is 29.0 Å². The molecular formula is C22H38N4O3. The first-order chi connectivity index (χ1) is 14.0. The van der Waals surface area contributed by atoms with Crippen molar-refractivity contribution in [2.75, 3.05) is 64.9 Å². The molecule has 0 unspecified atom stereocenters. The number of rotatable bonds is 5. The van der Waals surface area contributed by atoms with Crippen molar-refractivity contribution < 1.29 is 14.3 Å². The quantitative estimate of drug-likeness (QED) is 0.808. The van der Waals surface area contributed by atoms with Crippen molar-refractivity contribution >= 4 is 11.6 Å². The van der Waals surface area contributed by atoms with Crippen LogP contribution in [0.15, 0.2) is 18.2 Å². The van der Waals surface area contributed by atoms with Crippen LogP contribution in [0.4, 0.5) is 5.69 Å². The van der Waals surface area contributed by atoms with Gasteiger partial charge < -0.3 is 24.6 Å². The molecule has 2 aliphatic rings. The third-order valence-corrected chi connectivity index (χ3v) is 5.56. The van der Waals surface area contributed by atoms with Crippen LogP contribution in [0.25, 0.3) is 0 Å². The highest BCUT2D eigenvalue weighted by atomic mass is 16.5. The Labute approximate surface area is 175 Å². The summed E-state index contributed by atoms with van der Waals surface area (Å²) in [6, 6.07) is 6.36. The second-order valence-corrected chi connectivity index (χ2v) is 7.45. The number of hydrogen-bond donors (Lipinski definition) is 1. The second-order valence-electron chi connectivity index (χ2n) is 7.45. The van der Waals surface area contributed by atoms with E-state index in [-0.39, 0.29) is 11.9 Å². The van der Waals surface area contributed by atoms with E-state index in [0.29, 0.717) is 6.04 Å². The van der Waals surface area contributed by atoms with Gasteiger partial charge in [0.1, 0.15) is 0 Å². The van der Waals surface area contributed by atoms with E-state index in [9.17, 15) is 4.79 Å². The molecule has 2 saturated heterocycles. The van der Waals surface area contributed by atoms with Gasteiger partial charge in [0, 0.05) is 63.6 Å². The van der Waals surface area contributed by atoms with Gasteiger partial charge in [-0.3, -0.25) is 9.69 Å². The number of amides is 1. The molecule has 0 bridgehead atoms. The van der Waals surface area contributed by atoms with Crippen molar-refractivity contribution in [1.82, 2.24) is 15.1 Å². The average molecular weight is 407 g/mol. The second kappa shape index (κ2) is 11.3. The van der Waals surface area contributed by atoms with Crippen molar-refractivity contribution in [3.05, 3.63) is 18.2 Å². The Kier molecular flexibility index (Phi) is 9.04. The summed E-state index contributed by atoms with van der Waals surface area (Å²) in [6.45, 7) is 14.2. The molecule has 1 aromatic carbocycles. The molecule has 2 heterocycles. The van der Waals surface area contributed by atoms with Crippen LogP contribution < -0.4 is 19.7 Å². The highest BCUT2D eigenvalue weighted by Gasteiger charge is 2.31. The first kappa shape index (κ1) is 23.3. The number of piperazine rings is 2. The standard InChI is InChI=1S/C20H32N4O3.C2H6/c1-15(2)24-8-7-21-17(14-24)20(25)23-11-9-22(10-12-23)16-5-6-18(26-3)19(13-16)27-4;1-2/h5-6,13,15,17,21H,7-12,14H2,1-4H3;1-2H3/t17-;/m1./s1. The lowest BCUT2D eigenvalue weighted by molar-refractivity contribution is -0.135. The Bertz CT molecular complexity index is 645. The summed E-state index contributed by atoms with van der Waals surface area (Å²) in [5, 5.41) is 3.39. The minimum Gasteiger partial charge on any atom is -0.493 e. The largest absolute Gasteiger partial charge is 0.493 e. The Morgan fingerprint density at radius 2 is 1.69 bits per heavy atom. The highest BCUT2D eigenvalue weighted by molar-refractivity contribution is 5.82. The maximum atomic E-state index is 12.9. The van der Waals surface area contributed by atoms with E-state index in [1.54, 1.807) is 14.2 Å². The van der Waals surface area contributed by atoms with Gasteiger partial charge in [0.25, 0.3) is 0 Å². The van der Waals surface area contributed by atoms with Crippen molar-refractivity contribution in [1.29, 1.82) is 0 Å². The predicted octanol–water partition coefficient (Wildman–Crippen LogP) is 2.06. The fourth-order valence-corrected chi connectivity index (χ4v) is 3.83. The molecule has 29 heavy (non-hydrogen) atoms. The summed E-state index contributed by atoms with van der Waals surface area (Å²) in [5.41, 5.74) is 1.10. The number of hydrogen-bond acceptors (Lipinski definition) is 6. The van der Waals surface area contributed by atoms with Crippen LogP contribution in [0, 0.1) is 0 Å². The molecule has 7 nitrogen and oxygen atoms in total.